The average Bonchev–Trinajstić information content (AvgIpc) is 2.69. The number of hydrogen-bond acceptors (Lipinski definition) is 5. The second-order valence-corrected chi connectivity index (χ2v) is 5.25. The van der Waals surface area contributed by atoms with Crippen LogP contribution in [0.5, 0.6) is 23.0 Å². The molecule has 0 aliphatic carbocycles. The van der Waals surface area contributed by atoms with Crippen LogP contribution < -0.4 is 24.3 Å². The van der Waals surface area contributed by atoms with Gasteiger partial charge < -0.3 is 24.3 Å². The van der Waals surface area contributed by atoms with E-state index >= 15 is 0 Å². The number of nitrogens with one attached hydrogen (secondary N) is 1. The van der Waals surface area contributed by atoms with E-state index in [-0.39, 0.29) is 5.91 Å². The largest absolute Gasteiger partial charge is 0.497 e. The molecule has 26 heavy (non-hydrogen) atoms. The van der Waals surface area contributed by atoms with Crippen LogP contribution in [0.15, 0.2) is 55.1 Å². The Balaban J connectivity index is 1.83. The Morgan fingerprint density at radius 1 is 1.00 bits per heavy atom. The SMILES string of the molecule is C=CCOc1ccc(C(=O)NCCOc2ccc(OC)cc2)cc1OC. The zero-order valence-electron chi connectivity index (χ0n) is 15.0. The summed E-state index contributed by atoms with van der Waals surface area (Å²) in [6, 6.07) is 12.3. The molecule has 0 aromatic heterocycles. The lowest BCUT2D eigenvalue weighted by molar-refractivity contribution is 0.0946. The van der Waals surface area contributed by atoms with E-state index in [1.807, 2.05) is 24.3 Å². The molecular formula is C20H23NO5. The minimum atomic E-state index is -0.211. The summed E-state index contributed by atoms with van der Waals surface area (Å²) in [6.07, 6.45) is 1.64. The summed E-state index contributed by atoms with van der Waals surface area (Å²) < 4.78 is 21.4. The van der Waals surface area contributed by atoms with Gasteiger partial charge in [-0.25, -0.2) is 0 Å². The molecule has 2 rings (SSSR count). The van der Waals surface area contributed by atoms with Gasteiger partial charge in [-0.15, -0.1) is 0 Å². The van der Waals surface area contributed by atoms with Crippen LogP contribution >= 0.6 is 0 Å². The molecule has 0 fully saturated rings. The Labute approximate surface area is 153 Å². The Morgan fingerprint density at radius 3 is 2.38 bits per heavy atom. The van der Waals surface area contributed by atoms with E-state index < -0.39 is 0 Å². The molecule has 0 radical (unpaired) electrons. The van der Waals surface area contributed by atoms with Gasteiger partial charge in [0.25, 0.3) is 5.91 Å². The van der Waals surface area contributed by atoms with E-state index in [0.29, 0.717) is 42.6 Å². The molecule has 6 nitrogen and oxygen atoms in total. The first-order chi connectivity index (χ1) is 12.7. The monoisotopic (exact) mass is 357 g/mol. The molecule has 0 saturated heterocycles. The first kappa shape index (κ1) is 19.2. The highest BCUT2D eigenvalue weighted by molar-refractivity contribution is 5.94. The molecule has 2 aromatic rings. The lowest BCUT2D eigenvalue weighted by atomic mass is 10.2. The minimum absolute atomic E-state index is 0.211. The molecule has 0 atom stereocenters. The summed E-state index contributed by atoms with van der Waals surface area (Å²) in [5.74, 6) is 2.32. The summed E-state index contributed by atoms with van der Waals surface area (Å²) in [5, 5.41) is 2.80. The van der Waals surface area contributed by atoms with E-state index in [9.17, 15) is 4.79 Å². The van der Waals surface area contributed by atoms with Gasteiger partial charge in [-0.05, 0) is 42.5 Å². The summed E-state index contributed by atoms with van der Waals surface area (Å²) in [4.78, 5) is 12.2. The van der Waals surface area contributed by atoms with Gasteiger partial charge in [-0.1, -0.05) is 12.7 Å². The number of benzene rings is 2. The third kappa shape index (κ3) is 5.44. The van der Waals surface area contributed by atoms with Crippen molar-refractivity contribution in [2.75, 3.05) is 34.0 Å². The third-order valence-electron chi connectivity index (χ3n) is 3.50. The number of carbonyl (C=O) groups excluding carboxylic acids is 1. The number of methoxy groups -OCH3 is 2. The van der Waals surface area contributed by atoms with Crippen molar-refractivity contribution in [3.05, 3.63) is 60.7 Å². The van der Waals surface area contributed by atoms with Crippen LogP contribution in [0, 0.1) is 0 Å². The Hall–Kier alpha value is -3.15. The van der Waals surface area contributed by atoms with E-state index in [1.165, 1.54) is 7.11 Å². The first-order valence-corrected chi connectivity index (χ1v) is 8.14. The van der Waals surface area contributed by atoms with Crippen molar-refractivity contribution >= 4 is 5.91 Å². The van der Waals surface area contributed by atoms with Crippen molar-refractivity contribution in [3.63, 3.8) is 0 Å². The lowest BCUT2D eigenvalue weighted by Crippen LogP contribution is -2.28. The molecule has 0 heterocycles. The van der Waals surface area contributed by atoms with E-state index in [0.717, 1.165) is 5.75 Å². The van der Waals surface area contributed by atoms with Gasteiger partial charge in [-0.3, -0.25) is 4.79 Å². The van der Waals surface area contributed by atoms with E-state index in [2.05, 4.69) is 11.9 Å². The van der Waals surface area contributed by atoms with Crippen LogP contribution in [0.3, 0.4) is 0 Å². The molecule has 0 aliphatic rings. The Morgan fingerprint density at radius 2 is 1.73 bits per heavy atom. The van der Waals surface area contributed by atoms with Crippen LogP contribution in [0.2, 0.25) is 0 Å². The smallest absolute Gasteiger partial charge is 0.251 e. The molecule has 1 amide bonds. The highest BCUT2D eigenvalue weighted by atomic mass is 16.5. The van der Waals surface area contributed by atoms with Crippen molar-refractivity contribution in [1.29, 1.82) is 0 Å². The average molecular weight is 357 g/mol. The predicted octanol–water partition coefficient (Wildman–Crippen LogP) is 3.08. The number of rotatable bonds is 10. The van der Waals surface area contributed by atoms with Gasteiger partial charge >= 0.3 is 0 Å². The maximum Gasteiger partial charge on any atom is 0.251 e. The van der Waals surface area contributed by atoms with Gasteiger partial charge in [0.2, 0.25) is 0 Å². The van der Waals surface area contributed by atoms with Gasteiger partial charge in [0.05, 0.1) is 20.8 Å². The van der Waals surface area contributed by atoms with Gasteiger partial charge in [0, 0.05) is 5.56 Å². The predicted molar refractivity (Wildman–Crippen MR) is 99.5 cm³/mol. The van der Waals surface area contributed by atoms with E-state index in [4.69, 9.17) is 18.9 Å². The standard InChI is InChI=1S/C20H23NO5/c1-4-12-26-18-10-5-15(14-19(18)24-3)20(22)21-11-13-25-17-8-6-16(23-2)7-9-17/h4-10,14H,1,11-13H2,2-3H3,(H,21,22). The van der Waals surface area contributed by atoms with Crippen molar-refractivity contribution in [2.24, 2.45) is 0 Å². The minimum Gasteiger partial charge on any atom is -0.497 e. The number of hydrogen-bond donors (Lipinski definition) is 1. The van der Waals surface area contributed by atoms with Crippen LogP contribution in [0.25, 0.3) is 0 Å². The number of carbonyl (C=O) groups is 1. The van der Waals surface area contributed by atoms with Crippen LogP contribution in [0.4, 0.5) is 0 Å². The third-order valence-corrected chi connectivity index (χ3v) is 3.50. The van der Waals surface area contributed by atoms with Crippen LogP contribution in [-0.4, -0.2) is 39.9 Å². The fraction of sp³-hybridized carbons (Fsp3) is 0.250. The summed E-state index contributed by atoms with van der Waals surface area (Å²) in [6.45, 7) is 4.70. The molecule has 138 valence electrons. The number of amides is 1. The summed E-state index contributed by atoms with van der Waals surface area (Å²) >= 11 is 0. The van der Waals surface area contributed by atoms with Crippen molar-refractivity contribution in [2.45, 2.75) is 0 Å². The molecule has 0 unspecified atom stereocenters. The quantitative estimate of drug-likeness (QED) is 0.523. The van der Waals surface area contributed by atoms with Crippen LogP contribution in [0.1, 0.15) is 10.4 Å². The normalized spacial score (nSPS) is 9.92. The maximum atomic E-state index is 12.2. The summed E-state index contributed by atoms with van der Waals surface area (Å²) in [5.41, 5.74) is 0.484. The maximum absolute atomic E-state index is 12.2. The molecule has 6 heteroatoms. The van der Waals surface area contributed by atoms with Gasteiger partial charge in [-0.2, -0.15) is 0 Å². The van der Waals surface area contributed by atoms with E-state index in [1.54, 1.807) is 31.4 Å². The molecule has 0 spiro atoms. The highest BCUT2D eigenvalue weighted by Gasteiger charge is 2.10. The lowest BCUT2D eigenvalue weighted by Gasteiger charge is -2.12. The molecule has 2 aromatic carbocycles. The highest BCUT2D eigenvalue weighted by Crippen LogP contribution is 2.28. The van der Waals surface area contributed by atoms with Crippen LogP contribution in [-0.2, 0) is 0 Å². The Bertz CT molecular complexity index is 727. The second-order valence-electron chi connectivity index (χ2n) is 5.25. The second kappa shape index (κ2) is 9.98. The van der Waals surface area contributed by atoms with Crippen molar-refractivity contribution < 1.29 is 23.7 Å². The topological polar surface area (TPSA) is 66.0 Å². The molecule has 1 N–H and O–H groups in total. The van der Waals surface area contributed by atoms with Gasteiger partial charge in [0.1, 0.15) is 24.7 Å². The zero-order valence-corrected chi connectivity index (χ0v) is 15.0. The fourth-order valence-electron chi connectivity index (χ4n) is 2.18. The Kier molecular flexibility index (Phi) is 7.36. The van der Waals surface area contributed by atoms with Crippen molar-refractivity contribution in [1.82, 2.24) is 5.32 Å². The zero-order chi connectivity index (χ0) is 18.8. The van der Waals surface area contributed by atoms with Gasteiger partial charge in [0.15, 0.2) is 11.5 Å². The number of ether oxygens (including phenoxy) is 4. The van der Waals surface area contributed by atoms with Crippen molar-refractivity contribution in [3.8, 4) is 23.0 Å². The first-order valence-electron chi connectivity index (χ1n) is 8.14. The molecule has 0 saturated carbocycles. The fourth-order valence-corrected chi connectivity index (χ4v) is 2.18. The summed E-state index contributed by atoms with van der Waals surface area (Å²) in [7, 11) is 3.14. The molecule has 0 aliphatic heterocycles. The molecule has 0 bridgehead atoms. The molecular weight excluding hydrogens is 334 g/mol.